The normalized spacial score (nSPS) is 37.5. The van der Waals surface area contributed by atoms with Crippen molar-refractivity contribution < 1.29 is 0 Å². The van der Waals surface area contributed by atoms with Gasteiger partial charge in [0.2, 0.25) is 0 Å². The molecule has 0 spiro atoms. The predicted octanol–water partition coefficient (Wildman–Crippen LogP) is 8.82. The van der Waals surface area contributed by atoms with Crippen molar-refractivity contribution in [2.75, 3.05) is 0 Å². The SMILES string of the molecule is CCCCCC1CCC(C2(C#N)CCC(CCC)(C3CCCCC3)CC2)CC1. The highest BCUT2D eigenvalue weighted by atomic mass is 14.5. The molecule has 0 aromatic heterocycles. The summed E-state index contributed by atoms with van der Waals surface area (Å²) in [5, 5.41) is 10.3. The second-order valence-electron chi connectivity index (χ2n) is 10.9. The molecular formula is C27H47N. The molecule has 3 saturated carbocycles. The number of rotatable bonds is 8. The van der Waals surface area contributed by atoms with Crippen LogP contribution in [0.5, 0.6) is 0 Å². The Kier molecular flexibility index (Phi) is 8.32. The number of nitrogens with zero attached hydrogens (tertiary/aromatic N) is 1. The maximum Gasteiger partial charge on any atom is 0.0692 e. The third-order valence-corrected chi connectivity index (χ3v) is 9.42. The van der Waals surface area contributed by atoms with E-state index in [0.717, 1.165) is 11.8 Å². The van der Waals surface area contributed by atoms with Crippen molar-refractivity contribution >= 4 is 0 Å². The van der Waals surface area contributed by atoms with Crippen LogP contribution in [0.25, 0.3) is 0 Å². The van der Waals surface area contributed by atoms with Gasteiger partial charge in [-0.25, -0.2) is 0 Å². The number of nitriles is 1. The highest BCUT2D eigenvalue weighted by Gasteiger charge is 2.49. The van der Waals surface area contributed by atoms with Crippen LogP contribution in [-0.2, 0) is 0 Å². The summed E-state index contributed by atoms with van der Waals surface area (Å²) >= 11 is 0. The maximum atomic E-state index is 10.3. The molecule has 1 heteroatoms. The molecule has 28 heavy (non-hydrogen) atoms. The van der Waals surface area contributed by atoms with E-state index in [1.165, 1.54) is 122 Å². The molecule has 0 radical (unpaired) electrons. The van der Waals surface area contributed by atoms with E-state index in [1.54, 1.807) is 0 Å². The summed E-state index contributed by atoms with van der Waals surface area (Å²) in [6.45, 7) is 4.69. The van der Waals surface area contributed by atoms with Gasteiger partial charge in [-0.1, -0.05) is 78.1 Å². The minimum absolute atomic E-state index is 0.0281. The number of hydrogen-bond acceptors (Lipinski definition) is 1. The quantitative estimate of drug-likeness (QED) is 0.383. The Morgan fingerprint density at radius 3 is 2.00 bits per heavy atom. The van der Waals surface area contributed by atoms with Gasteiger partial charge in [-0.2, -0.15) is 5.26 Å². The molecule has 0 N–H and O–H groups in total. The first-order chi connectivity index (χ1) is 13.7. The largest absolute Gasteiger partial charge is 0.198 e. The fraction of sp³-hybridized carbons (Fsp3) is 0.963. The van der Waals surface area contributed by atoms with E-state index >= 15 is 0 Å². The van der Waals surface area contributed by atoms with Gasteiger partial charge in [-0.3, -0.25) is 0 Å². The third-order valence-electron chi connectivity index (χ3n) is 9.42. The highest BCUT2D eigenvalue weighted by molar-refractivity contribution is 5.09. The lowest BCUT2D eigenvalue weighted by atomic mass is 9.52. The summed E-state index contributed by atoms with van der Waals surface area (Å²) < 4.78 is 0. The molecule has 0 amide bonds. The van der Waals surface area contributed by atoms with Gasteiger partial charge in [-0.15, -0.1) is 0 Å². The van der Waals surface area contributed by atoms with Gasteiger partial charge >= 0.3 is 0 Å². The molecule has 3 rings (SSSR count). The highest BCUT2D eigenvalue weighted by Crippen LogP contribution is 2.58. The average Bonchev–Trinajstić information content (AvgIpc) is 2.76. The zero-order chi connectivity index (χ0) is 19.9. The van der Waals surface area contributed by atoms with Gasteiger partial charge < -0.3 is 0 Å². The van der Waals surface area contributed by atoms with E-state index in [9.17, 15) is 5.26 Å². The van der Waals surface area contributed by atoms with Gasteiger partial charge in [-0.05, 0) is 81.0 Å². The Labute approximate surface area is 176 Å². The first-order valence-electron chi connectivity index (χ1n) is 13.1. The van der Waals surface area contributed by atoms with Crippen molar-refractivity contribution in [1.29, 1.82) is 5.26 Å². The Balaban J connectivity index is 1.58. The van der Waals surface area contributed by atoms with Crippen LogP contribution in [0.15, 0.2) is 0 Å². The van der Waals surface area contributed by atoms with Crippen molar-refractivity contribution in [2.24, 2.45) is 28.6 Å². The third kappa shape index (κ3) is 4.96. The van der Waals surface area contributed by atoms with E-state index < -0.39 is 0 Å². The van der Waals surface area contributed by atoms with Crippen LogP contribution in [-0.4, -0.2) is 0 Å². The molecule has 0 saturated heterocycles. The lowest BCUT2D eigenvalue weighted by Crippen LogP contribution is -2.43. The topological polar surface area (TPSA) is 23.8 Å². The van der Waals surface area contributed by atoms with Gasteiger partial charge in [0.1, 0.15) is 0 Å². The first kappa shape index (κ1) is 22.2. The second kappa shape index (κ2) is 10.5. The van der Waals surface area contributed by atoms with Crippen molar-refractivity contribution in [3.05, 3.63) is 0 Å². The van der Waals surface area contributed by atoms with E-state index in [2.05, 4.69) is 19.9 Å². The van der Waals surface area contributed by atoms with Crippen LogP contribution in [0, 0.1) is 39.9 Å². The molecule has 0 bridgehead atoms. The number of hydrogen-bond donors (Lipinski definition) is 0. The molecule has 3 fully saturated rings. The van der Waals surface area contributed by atoms with Crippen LogP contribution >= 0.6 is 0 Å². The van der Waals surface area contributed by atoms with E-state index in [4.69, 9.17) is 0 Å². The van der Waals surface area contributed by atoms with Gasteiger partial charge in [0.15, 0.2) is 0 Å². The van der Waals surface area contributed by atoms with Crippen LogP contribution in [0.2, 0.25) is 0 Å². The fourth-order valence-corrected chi connectivity index (χ4v) is 7.57. The molecule has 0 aromatic carbocycles. The molecule has 3 aliphatic carbocycles. The molecule has 1 nitrogen and oxygen atoms in total. The van der Waals surface area contributed by atoms with Crippen LogP contribution < -0.4 is 0 Å². The smallest absolute Gasteiger partial charge is 0.0692 e. The summed E-state index contributed by atoms with van der Waals surface area (Å²) in [7, 11) is 0. The number of unbranched alkanes of at least 4 members (excludes halogenated alkanes) is 2. The van der Waals surface area contributed by atoms with E-state index in [0.29, 0.717) is 11.3 Å². The molecule has 0 unspecified atom stereocenters. The average molecular weight is 386 g/mol. The van der Waals surface area contributed by atoms with Gasteiger partial charge in [0.05, 0.1) is 11.5 Å². The molecule has 3 aliphatic rings. The summed E-state index contributed by atoms with van der Waals surface area (Å²) in [5.74, 6) is 2.63. The molecule has 0 heterocycles. The fourth-order valence-electron chi connectivity index (χ4n) is 7.57. The first-order valence-corrected chi connectivity index (χ1v) is 13.1. The molecule has 0 aromatic rings. The van der Waals surface area contributed by atoms with Crippen LogP contribution in [0.3, 0.4) is 0 Å². The van der Waals surface area contributed by atoms with Gasteiger partial charge in [0.25, 0.3) is 0 Å². The van der Waals surface area contributed by atoms with E-state index in [1.807, 2.05) is 0 Å². The monoisotopic (exact) mass is 385 g/mol. The summed E-state index contributed by atoms with van der Waals surface area (Å²) in [5.41, 5.74) is 0.618. The van der Waals surface area contributed by atoms with Gasteiger partial charge in [0, 0.05) is 0 Å². The Morgan fingerprint density at radius 2 is 1.43 bits per heavy atom. The summed E-state index contributed by atoms with van der Waals surface area (Å²) in [6, 6.07) is 2.94. The molecule has 0 aliphatic heterocycles. The van der Waals surface area contributed by atoms with Crippen LogP contribution in [0.4, 0.5) is 0 Å². The Bertz CT molecular complexity index is 479. The predicted molar refractivity (Wildman–Crippen MR) is 120 cm³/mol. The molecule has 160 valence electrons. The lowest BCUT2D eigenvalue weighted by Gasteiger charge is -2.52. The Hall–Kier alpha value is -0.510. The molecule has 0 atom stereocenters. The van der Waals surface area contributed by atoms with Crippen molar-refractivity contribution in [2.45, 2.75) is 136 Å². The van der Waals surface area contributed by atoms with Crippen molar-refractivity contribution in [3.63, 3.8) is 0 Å². The molecular weight excluding hydrogens is 338 g/mol. The second-order valence-corrected chi connectivity index (χ2v) is 10.9. The minimum Gasteiger partial charge on any atom is -0.198 e. The van der Waals surface area contributed by atoms with Crippen molar-refractivity contribution in [3.8, 4) is 6.07 Å². The Morgan fingerprint density at radius 1 is 0.750 bits per heavy atom. The standard InChI is InChI=1S/C27H47N/c1-3-5-7-10-23-13-15-25(16-14-23)27(22-28)20-18-26(17-4-2,19-21-27)24-11-8-6-9-12-24/h23-25H,3-21H2,1-2H3. The summed E-state index contributed by atoms with van der Waals surface area (Å²) in [4.78, 5) is 0. The van der Waals surface area contributed by atoms with E-state index in [-0.39, 0.29) is 5.41 Å². The maximum absolute atomic E-state index is 10.3. The lowest BCUT2D eigenvalue weighted by molar-refractivity contribution is -0.00693. The zero-order valence-corrected chi connectivity index (χ0v) is 19.1. The zero-order valence-electron chi connectivity index (χ0n) is 19.1. The minimum atomic E-state index is 0.0281. The van der Waals surface area contributed by atoms with Crippen LogP contribution in [0.1, 0.15) is 136 Å². The summed E-state index contributed by atoms with van der Waals surface area (Å²) in [6.07, 6.45) is 26.3. The van der Waals surface area contributed by atoms with Crippen molar-refractivity contribution in [1.82, 2.24) is 0 Å².